The summed E-state index contributed by atoms with van der Waals surface area (Å²) in [7, 11) is 0. The molecule has 2 fully saturated rings. The number of amides is 1. The Kier molecular flexibility index (Phi) is 4.99. The lowest BCUT2D eigenvalue weighted by Crippen LogP contribution is -2.46. The van der Waals surface area contributed by atoms with E-state index in [1.165, 1.54) is 0 Å². The first-order chi connectivity index (χ1) is 16.5. The van der Waals surface area contributed by atoms with E-state index in [1.54, 1.807) is 6.08 Å². The van der Waals surface area contributed by atoms with Crippen LogP contribution in [-0.4, -0.2) is 43.4 Å². The number of aryl methyl sites for hydroxylation is 1. The average Bonchev–Trinajstić information content (AvgIpc) is 3.29. The van der Waals surface area contributed by atoms with Crippen molar-refractivity contribution in [3.63, 3.8) is 0 Å². The highest BCUT2D eigenvalue weighted by molar-refractivity contribution is 6.30. The van der Waals surface area contributed by atoms with Crippen LogP contribution in [0.15, 0.2) is 60.7 Å². The van der Waals surface area contributed by atoms with Gasteiger partial charge in [0, 0.05) is 47.2 Å². The molecule has 2 bridgehead atoms. The Balaban J connectivity index is 1.52. The summed E-state index contributed by atoms with van der Waals surface area (Å²) in [6, 6.07) is 15.8. The Labute approximate surface area is 202 Å². The van der Waals surface area contributed by atoms with E-state index < -0.39 is 0 Å². The van der Waals surface area contributed by atoms with Gasteiger partial charge in [0.1, 0.15) is 11.6 Å². The molecule has 0 saturated carbocycles. The van der Waals surface area contributed by atoms with E-state index >= 15 is 0 Å². The second-order valence-electron chi connectivity index (χ2n) is 9.17. The summed E-state index contributed by atoms with van der Waals surface area (Å²) in [5.41, 5.74) is 4.65. The average molecular weight is 471 g/mol. The Hall–Kier alpha value is -3.51. The maximum atomic E-state index is 13.6. The zero-order valence-electron chi connectivity index (χ0n) is 18.7. The van der Waals surface area contributed by atoms with Crippen LogP contribution in [0.1, 0.15) is 48.5 Å². The second-order valence-corrected chi connectivity index (χ2v) is 9.60. The number of fused-ring (bicyclic) bond motifs is 5. The standard InChI is InChI=1S/C27H23ClN4O2/c1-16-29-30-27-18(13-26(34)32-20-10-11-21(32)15-22(33)14-20)12-24(17-6-8-19(28)9-7-17)23-4-2-3-5-25(23)31(16)27/h2-9,12-13,20-21H,10-11,14-15H2,1H3/b18-13-. The van der Waals surface area contributed by atoms with Gasteiger partial charge in [0.05, 0.1) is 5.69 Å². The SMILES string of the molecule is Cc1nnc2n1-c1ccccc1C(c1ccc(Cl)cc1)=C/C2=C/C(=O)N1C2CCC1CC(=O)C2. The van der Waals surface area contributed by atoms with E-state index in [4.69, 9.17) is 11.6 Å². The molecule has 2 aromatic carbocycles. The van der Waals surface area contributed by atoms with Gasteiger partial charge in [-0.15, -0.1) is 10.2 Å². The molecule has 0 radical (unpaired) electrons. The van der Waals surface area contributed by atoms with Crippen molar-refractivity contribution in [2.45, 2.75) is 44.7 Å². The zero-order valence-corrected chi connectivity index (χ0v) is 19.5. The molecule has 0 N–H and O–H groups in total. The molecular formula is C27H23ClN4O2. The number of aromatic nitrogens is 3. The number of piperidine rings is 1. The third-order valence-electron chi connectivity index (χ3n) is 7.05. The lowest BCUT2D eigenvalue weighted by molar-refractivity contribution is -0.134. The fourth-order valence-electron chi connectivity index (χ4n) is 5.54. The van der Waals surface area contributed by atoms with Crippen LogP contribution in [0, 0.1) is 6.92 Å². The largest absolute Gasteiger partial charge is 0.332 e. The number of carbonyl (C=O) groups excluding carboxylic acids is 2. The summed E-state index contributed by atoms with van der Waals surface area (Å²) >= 11 is 6.16. The minimum atomic E-state index is -0.0696. The van der Waals surface area contributed by atoms with Crippen molar-refractivity contribution in [3.05, 3.63) is 88.5 Å². The van der Waals surface area contributed by atoms with Crippen LogP contribution >= 0.6 is 11.6 Å². The second kappa shape index (κ2) is 8.06. The van der Waals surface area contributed by atoms with Gasteiger partial charge in [-0.1, -0.05) is 41.9 Å². The number of halogens is 1. The summed E-state index contributed by atoms with van der Waals surface area (Å²) in [4.78, 5) is 27.5. The van der Waals surface area contributed by atoms with E-state index in [1.807, 2.05) is 64.9 Å². The van der Waals surface area contributed by atoms with E-state index in [0.29, 0.717) is 29.3 Å². The molecule has 0 spiro atoms. The fraction of sp³-hybridized carbons (Fsp3) is 0.259. The van der Waals surface area contributed by atoms with Crippen LogP contribution in [0.3, 0.4) is 0 Å². The van der Waals surface area contributed by atoms with Crippen molar-refractivity contribution >= 4 is 34.4 Å². The highest BCUT2D eigenvalue weighted by atomic mass is 35.5. The Morgan fingerprint density at radius 1 is 1.03 bits per heavy atom. The monoisotopic (exact) mass is 470 g/mol. The van der Waals surface area contributed by atoms with Crippen LogP contribution in [0.25, 0.3) is 16.8 Å². The summed E-state index contributed by atoms with van der Waals surface area (Å²) in [5, 5.41) is 9.45. The van der Waals surface area contributed by atoms with Crippen molar-refractivity contribution in [2.24, 2.45) is 0 Å². The summed E-state index contributed by atoms with van der Waals surface area (Å²) in [5.74, 6) is 1.56. The summed E-state index contributed by atoms with van der Waals surface area (Å²) < 4.78 is 2.00. The van der Waals surface area contributed by atoms with Gasteiger partial charge in [-0.25, -0.2) is 0 Å². The van der Waals surface area contributed by atoms with Gasteiger partial charge in [0.2, 0.25) is 5.91 Å². The minimum Gasteiger partial charge on any atom is -0.332 e. The molecule has 3 aromatic rings. The van der Waals surface area contributed by atoms with Crippen LogP contribution in [0.2, 0.25) is 5.02 Å². The van der Waals surface area contributed by atoms with E-state index in [0.717, 1.165) is 41.1 Å². The lowest BCUT2D eigenvalue weighted by Gasteiger charge is -2.33. The molecule has 3 aliphatic rings. The molecule has 2 unspecified atom stereocenters. The predicted octanol–water partition coefficient (Wildman–Crippen LogP) is 4.78. The summed E-state index contributed by atoms with van der Waals surface area (Å²) in [6.07, 6.45) is 6.37. The van der Waals surface area contributed by atoms with Crippen molar-refractivity contribution < 1.29 is 9.59 Å². The van der Waals surface area contributed by atoms with Gasteiger partial charge in [-0.3, -0.25) is 14.2 Å². The number of rotatable bonds is 2. The molecule has 6 nitrogen and oxygen atoms in total. The maximum absolute atomic E-state index is 13.6. The van der Waals surface area contributed by atoms with Crippen LogP contribution in [-0.2, 0) is 9.59 Å². The van der Waals surface area contributed by atoms with Crippen LogP contribution in [0.5, 0.6) is 0 Å². The maximum Gasteiger partial charge on any atom is 0.247 e. The van der Waals surface area contributed by atoms with Crippen LogP contribution < -0.4 is 0 Å². The lowest BCUT2D eigenvalue weighted by atomic mass is 9.95. The third kappa shape index (κ3) is 3.41. The molecule has 1 amide bonds. The van der Waals surface area contributed by atoms with Crippen molar-refractivity contribution in [2.75, 3.05) is 0 Å². The highest BCUT2D eigenvalue weighted by Gasteiger charge is 2.42. The highest BCUT2D eigenvalue weighted by Crippen LogP contribution is 2.38. The van der Waals surface area contributed by atoms with Gasteiger partial charge < -0.3 is 4.90 Å². The Morgan fingerprint density at radius 2 is 1.74 bits per heavy atom. The number of benzene rings is 2. The number of hydrogen-bond acceptors (Lipinski definition) is 4. The number of allylic oxidation sites excluding steroid dienone is 2. The molecule has 7 heteroatoms. The number of para-hydroxylation sites is 1. The van der Waals surface area contributed by atoms with E-state index in [9.17, 15) is 9.59 Å². The molecule has 1 aromatic heterocycles. The summed E-state index contributed by atoms with van der Waals surface area (Å²) in [6.45, 7) is 1.91. The van der Waals surface area contributed by atoms with Crippen molar-refractivity contribution in [3.8, 4) is 5.69 Å². The minimum absolute atomic E-state index is 0.00195. The predicted molar refractivity (Wildman–Crippen MR) is 131 cm³/mol. The quantitative estimate of drug-likeness (QED) is 0.505. The van der Waals surface area contributed by atoms with Gasteiger partial charge in [-0.05, 0) is 55.2 Å². The van der Waals surface area contributed by atoms with Gasteiger partial charge >= 0.3 is 0 Å². The van der Waals surface area contributed by atoms with Gasteiger partial charge in [0.15, 0.2) is 5.82 Å². The normalized spacial score (nSPS) is 22.3. The Bertz CT molecular complexity index is 1370. The third-order valence-corrected chi connectivity index (χ3v) is 7.31. The van der Waals surface area contributed by atoms with E-state index in [-0.39, 0.29) is 23.8 Å². The van der Waals surface area contributed by atoms with E-state index in [2.05, 4.69) is 16.3 Å². The fourth-order valence-corrected chi connectivity index (χ4v) is 5.67. The van der Waals surface area contributed by atoms with Gasteiger partial charge in [-0.2, -0.15) is 0 Å². The molecule has 34 heavy (non-hydrogen) atoms. The molecule has 2 atom stereocenters. The number of ketones is 1. The molecule has 3 aliphatic heterocycles. The number of carbonyl (C=O) groups is 2. The molecular weight excluding hydrogens is 448 g/mol. The smallest absolute Gasteiger partial charge is 0.247 e. The van der Waals surface area contributed by atoms with Gasteiger partial charge in [0.25, 0.3) is 0 Å². The van der Waals surface area contributed by atoms with Crippen LogP contribution in [0.4, 0.5) is 0 Å². The first-order valence-corrected chi connectivity index (χ1v) is 11.9. The first-order valence-electron chi connectivity index (χ1n) is 11.5. The molecule has 0 aliphatic carbocycles. The zero-order chi connectivity index (χ0) is 23.4. The number of nitrogens with zero attached hydrogens (tertiary/aromatic N) is 4. The number of Topliss-reactive ketones (excluding diaryl/α,β-unsaturated/α-hetero) is 1. The topological polar surface area (TPSA) is 68.1 Å². The molecule has 2 saturated heterocycles. The molecule has 170 valence electrons. The first kappa shape index (κ1) is 21.1. The Morgan fingerprint density at radius 3 is 2.47 bits per heavy atom. The molecule has 4 heterocycles. The van der Waals surface area contributed by atoms with Crippen molar-refractivity contribution in [1.29, 1.82) is 0 Å². The molecule has 6 rings (SSSR count). The van der Waals surface area contributed by atoms with Crippen molar-refractivity contribution in [1.82, 2.24) is 19.7 Å². The number of hydrogen-bond donors (Lipinski definition) is 0.